The SMILES string of the molecule is C#C/C(Br)=C\C=C(/C)C(C)C. The number of halogens is 1. The van der Waals surface area contributed by atoms with Gasteiger partial charge in [-0.2, -0.15) is 0 Å². The van der Waals surface area contributed by atoms with Gasteiger partial charge in [-0.3, -0.25) is 0 Å². The lowest BCUT2D eigenvalue weighted by molar-refractivity contribution is 0.769. The quantitative estimate of drug-likeness (QED) is 0.486. The second kappa shape index (κ2) is 5.21. The van der Waals surface area contributed by atoms with Crippen LogP contribution in [0.3, 0.4) is 0 Å². The van der Waals surface area contributed by atoms with Crippen LogP contribution in [0, 0.1) is 18.3 Å². The van der Waals surface area contributed by atoms with Gasteiger partial charge in [0.05, 0.1) is 4.48 Å². The lowest BCUT2D eigenvalue weighted by atomic mass is 10.1. The Kier molecular flexibility index (Phi) is 4.98. The third kappa shape index (κ3) is 4.86. The molecular formula is C10H13Br. The zero-order valence-electron chi connectivity index (χ0n) is 7.19. The Morgan fingerprint density at radius 1 is 1.45 bits per heavy atom. The zero-order valence-corrected chi connectivity index (χ0v) is 8.77. The van der Waals surface area contributed by atoms with E-state index >= 15 is 0 Å². The summed E-state index contributed by atoms with van der Waals surface area (Å²) in [5.74, 6) is 3.08. The molecule has 0 aromatic rings. The molecule has 11 heavy (non-hydrogen) atoms. The lowest BCUT2D eigenvalue weighted by Crippen LogP contribution is -1.86. The molecule has 0 rings (SSSR count). The second-order valence-corrected chi connectivity index (χ2v) is 3.58. The van der Waals surface area contributed by atoms with Gasteiger partial charge < -0.3 is 0 Å². The summed E-state index contributed by atoms with van der Waals surface area (Å²) in [6.45, 7) is 6.41. The van der Waals surface area contributed by atoms with Crippen molar-refractivity contribution in [3.05, 3.63) is 22.2 Å². The van der Waals surface area contributed by atoms with E-state index in [0.29, 0.717) is 5.92 Å². The van der Waals surface area contributed by atoms with Crippen molar-refractivity contribution in [3.8, 4) is 12.3 Å². The molecule has 0 heterocycles. The van der Waals surface area contributed by atoms with Crippen LogP contribution in [0.5, 0.6) is 0 Å². The Hall–Kier alpha value is -0.480. The molecule has 0 fully saturated rings. The molecule has 0 aromatic heterocycles. The summed E-state index contributed by atoms with van der Waals surface area (Å²) in [6, 6.07) is 0. The summed E-state index contributed by atoms with van der Waals surface area (Å²) in [4.78, 5) is 0. The highest BCUT2D eigenvalue weighted by Gasteiger charge is 1.92. The smallest absolute Gasteiger partial charge is 0.0671 e. The fourth-order valence-corrected chi connectivity index (χ4v) is 0.577. The Labute approximate surface area is 77.5 Å². The number of hydrogen-bond donors (Lipinski definition) is 0. The van der Waals surface area contributed by atoms with Gasteiger partial charge >= 0.3 is 0 Å². The first kappa shape index (κ1) is 10.5. The van der Waals surface area contributed by atoms with E-state index < -0.39 is 0 Å². The lowest BCUT2D eigenvalue weighted by Gasteiger charge is -2.01. The van der Waals surface area contributed by atoms with Gasteiger partial charge in [-0.1, -0.05) is 31.4 Å². The molecule has 0 aliphatic carbocycles. The van der Waals surface area contributed by atoms with E-state index in [4.69, 9.17) is 6.42 Å². The average molecular weight is 213 g/mol. The van der Waals surface area contributed by atoms with Gasteiger partial charge in [-0.15, -0.1) is 6.42 Å². The molecule has 0 aromatic carbocycles. The first-order chi connectivity index (χ1) is 5.07. The van der Waals surface area contributed by atoms with Crippen molar-refractivity contribution in [2.24, 2.45) is 5.92 Å². The molecule has 1 heteroatoms. The molecule has 60 valence electrons. The monoisotopic (exact) mass is 212 g/mol. The van der Waals surface area contributed by atoms with E-state index in [9.17, 15) is 0 Å². The van der Waals surface area contributed by atoms with Crippen LogP contribution in [0.25, 0.3) is 0 Å². The van der Waals surface area contributed by atoms with Crippen molar-refractivity contribution in [3.63, 3.8) is 0 Å². The van der Waals surface area contributed by atoms with Crippen LogP contribution in [-0.4, -0.2) is 0 Å². The first-order valence-corrected chi connectivity index (χ1v) is 4.37. The Bertz CT molecular complexity index is 214. The number of terminal acetylenes is 1. The highest BCUT2D eigenvalue weighted by atomic mass is 79.9. The minimum absolute atomic E-state index is 0.587. The second-order valence-electron chi connectivity index (χ2n) is 2.72. The van der Waals surface area contributed by atoms with Gasteiger partial charge in [0.15, 0.2) is 0 Å². The molecule has 0 spiro atoms. The molecule has 0 aliphatic heterocycles. The van der Waals surface area contributed by atoms with Crippen molar-refractivity contribution >= 4 is 15.9 Å². The molecular weight excluding hydrogens is 200 g/mol. The van der Waals surface area contributed by atoms with Crippen LogP contribution in [0.4, 0.5) is 0 Å². The van der Waals surface area contributed by atoms with E-state index in [2.05, 4.69) is 42.6 Å². The predicted octanol–water partition coefficient (Wildman–Crippen LogP) is 3.50. The maximum atomic E-state index is 5.14. The highest BCUT2D eigenvalue weighted by Crippen LogP contribution is 2.10. The molecule has 0 saturated heterocycles. The largest absolute Gasteiger partial charge is 0.114 e. The summed E-state index contributed by atoms with van der Waals surface area (Å²) >= 11 is 3.23. The molecule has 0 nitrogen and oxygen atoms in total. The van der Waals surface area contributed by atoms with E-state index in [1.807, 2.05) is 12.2 Å². The molecule has 0 bridgehead atoms. The highest BCUT2D eigenvalue weighted by molar-refractivity contribution is 9.12. The van der Waals surface area contributed by atoms with Crippen LogP contribution in [0.15, 0.2) is 22.2 Å². The minimum atomic E-state index is 0.587. The van der Waals surface area contributed by atoms with Gasteiger partial charge in [0.1, 0.15) is 0 Å². The van der Waals surface area contributed by atoms with Crippen molar-refractivity contribution in [1.29, 1.82) is 0 Å². The van der Waals surface area contributed by atoms with E-state index in [0.717, 1.165) is 4.48 Å². The summed E-state index contributed by atoms with van der Waals surface area (Å²) < 4.78 is 0.789. The van der Waals surface area contributed by atoms with Crippen LogP contribution in [0.1, 0.15) is 20.8 Å². The van der Waals surface area contributed by atoms with Crippen LogP contribution < -0.4 is 0 Å². The van der Waals surface area contributed by atoms with Crippen LogP contribution in [-0.2, 0) is 0 Å². The normalized spacial score (nSPS) is 13.5. The van der Waals surface area contributed by atoms with Crippen molar-refractivity contribution in [1.82, 2.24) is 0 Å². The van der Waals surface area contributed by atoms with E-state index in [1.54, 1.807) is 0 Å². The van der Waals surface area contributed by atoms with Crippen molar-refractivity contribution in [2.75, 3.05) is 0 Å². The molecule has 0 atom stereocenters. The minimum Gasteiger partial charge on any atom is -0.114 e. The van der Waals surface area contributed by atoms with Gasteiger partial charge in [0.2, 0.25) is 0 Å². The number of hydrogen-bond acceptors (Lipinski definition) is 0. The summed E-state index contributed by atoms with van der Waals surface area (Å²) in [7, 11) is 0. The third-order valence-electron chi connectivity index (χ3n) is 1.54. The van der Waals surface area contributed by atoms with Gasteiger partial charge in [0, 0.05) is 0 Å². The predicted molar refractivity (Wildman–Crippen MR) is 54.4 cm³/mol. The Balaban J connectivity index is 4.25. The van der Waals surface area contributed by atoms with E-state index in [1.165, 1.54) is 5.57 Å². The fourth-order valence-electron chi connectivity index (χ4n) is 0.445. The molecule has 0 saturated carbocycles. The average Bonchev–Trinajstić information content (AvgIpc) is 1.99. The van der Waals surface area contributed by atoms with Gasteiger partial charge in [0.25, 0.3) is 0 Å². The molecule has 0 amide bonds. The molecule has 0 unspecified atom stereocenters. The maximum Gasteiger partial charge on any atom is 0.0671 e. The maximum absolute atomic E-state index is 5.14. The first-order valence-electron chi connectivity index (χ1n) is 3.58. The molecule has 0 N–H and O–H groups in total. The molecule has 0 radical (unpaired) electrons. The summed E-state index contributed by atoms with van der Waals surface area (Å²) in [5.41, 5.74) is 1.33. The van der Waals surface area contributed by atoms with Gasteiger partial charge in [-0.05, 0) is 34.8 Å². The zero-order chi connectivity index (χ0) is 8.85. The molecule has 0 aliphatic rings. The summed E-state index contributed by atoms with van der Waals surface area (Å²) in [5, 5.41) is 0. The van der Waals surface area contributed by atoms with Crippen molar-refractivity contribution < 1.29 is 0 Å². The van der Waals surface area contributed by atoms with Crippen molar-refractivity contribution in [2.45, 2.75) is 20.8 Å². The number of allylic oxidation sites excluding steroid dienone is 4. The Morgan fingerprint density at radius 3 is 2.36 bits per heavy atom. The van der Waals surface area contributed by atoms with E-state index in [-0.39, 0.29) is 0 Å². The Morgan fingerprint density at radius 2 is 2.00 bits per heavy atom. The van der Waals surface area contributed by atoms with Gasteiger partial charge in [-0.25, -0.2) is 0 Å². The summed E-state index contributed by atoms with van der Waals surface area (Å²) in [6.07, 6.45) is 9.07. The fraction of sp³-hybridized carbons (Fsp3) is 0.400. The third-order valence-corrected chi connectivity index (χ3v) is 2.03. The number of rotatable bonds is 2. The standard InChI is InChI=1S/C10H13Br/c1-5-10(11)7-6-9(4)8(2)3/h1,6-8H,2-4H3/b9-6+,10-7+. The van der Waals surface area contributed by atoms with Crippen LogP contribution >= 0.6 is 15.9 Å². The van der Waals surface area contributed by atoms with Crippen LogP contribution in [0.2, 0.25) is 0 Å². The topological polar surface area (TPSA) is 0 Å².